The number of benzene rings is 3. The van der Waals surface area contributed by atoms with Crippen LogP contribution in [0.2, 0.25) is 0 Å². The molecule has 3 heterocycles. The molecular formula is C32H26F2N5O4S2+. The molecule has 4 N–H and O–H groups in total. The largest absolute Gasteiger partial charge is 0.476 e. The molecule has 0 radical (unpaired) electrons. The van der Waals surface area contributed by atoms with Gasteiger partial charge in [0.05, 0.1) is 22.8 Å². The molecule has 1 saturated carbocycles. The number of rotatable bonds is 9. The van der Waals surface area contributed by atoms with Crippen LogP contribution in [0, 0.1) is 17.6 Å². The molecule has 1 aliphatic heterocycles. The molecule has 7 rings (SSSR count). The molecule has 1 unspecified atom stereocenters. The smallest absolute Gasteiger partial charge is 0.355 e. The fourth-order valence-corrected chi connectivity index (χ4v) is 6.98. The molecule has 45 heavy (non-hydrogen) atoms. The first-order valence-electron chi connectivity index (χ1n) is 14.1. The highest BCUT2D eigenvalue weighted by molar-refractivity contribution is 7.95. The summed E-state index contributed by atoms with van der Waals surface area (Å²) in [6.07, 6.45) is 3.31. The van der Waals surface area contributed by atoms with E-state index in [2.05, 4.69) is 9.98 Å². The molecule has 1 atom stereocenters. The molecule has 228 valence electrons. The number of hydrogen-bond donors (Lipinski definition) is 3. The summed E-state index contributed by atoms with van der Waals surface area (Å²) in [5.41, 5.74) is 5.73. The van der Waals surface area contributed by atoms with E-state index in [-0.39, 0.29) is 12.1 Å². The van der Waals surface area contributed by atoms with E-state index in [0.717, 1.165) is 46.7 Å². The minimum Gasteiger partial charge on any atom is -0.476 e. The van der Waals surface area contributed by atoms with Crippen molar-refractivity contribution in [1.29, 1.82) is 0 Å². The first kappa shape index (κ1) is 29.3. The van der Waals surface area contributed by atoms with Crippen LogP contribution in [0.1, 0.15) is 51.3 Å². The monoisotopic (exact) mass is 646 g/mol. The lowest BCUT2D eigenvalue weighted by Crippen LogP contribution is -2.22. The summed E-state index contributed by atoms with van der Waals surface area (Å²) in [6.45, 7) is 0. The van der Waals surface area contributed by atoms with Crippen LogP contribution < -0.4 is 5.14 Å². The molecule has 13 heteroatoms. The highest BCUT2D eigenvalue weighted by Gasteiger charge is 2.31. The lowest BCUT2D eigenvalue weighted by Gasteiger charge is -2.10. The Morgan fingerprint density at radius 3 is 2.58 bits per heavy atom. The van der Waals surface area contributed by atoms with E-state index in [1.54, 1.807) is 16.8 Å². The van der Waals surface area contributed by atoms with Crippen molar-refractivity contribution >= 4 is 39.1 Å². The number of carbonyl (C=O) groups is 1. The van der Waals surface area contributed by atoms with Gasteiger partial charge in [0, 0.05) is 41.0 Å². The van der Waals surface area contributed by atoms with E-state index in [1.165, 1.54) is 29.6 Å². The standard InChI is InChI=1S/C32H25F2N5O4S2/c33-23-9-8-20(14-21(23)26-15-19-3-1-2-4-25(19)36-26)30-22(11-18-7-10-29(24(34)12-18)45(35,42)43)28(13-17-5-6-17)39(38-30)32-37-27(16-44-32)31(40)41/h1-4,7-10,12,14,16-17H,5-6,11,13,15H2,(H3-,35,40,41,42,43)/p+1. The molecule has 0 amide bonds. The zero-order chi connectivity index (χ0) is 31.5. The molecule has 1 fully saturated rings. The second-order valence-corrected chi connectivity index (χ2v) is 13.6. The van der Waals surface area contributed by atoms with E-state index in [4.69, 9.17) is 10.2 Å². The number of halogens is 2. The molecule has 1 aliphatic carbocycles. The molecule has 3 aromatic carbocycles. The Labute approximate surface area is 261 Å². The van der Waals surface area contributed by atoms with E-state index in [9.17, 15) is 23.1 Å². The molecule has 5 aromatic rings. The van der Waals surface area contributed by atoms with Crippen LogP contribution in [0.3, 0.4) is 0 Å². The predicted octanol–water partition coefficient (Wildman–Crippen LogP) is 6.40. The van der Waals surface area contributed by atoms with Gasteiger partial charge in [-0.15, -0.1) is 16.5 Å². The average molecular weight is 647 g/mol. The highest BCUT2D eigenvalue weighted by atomic mass is 32.3. The summed E-state index contributed by atoms with van der Waals surface area (Å²) in [4.78, 5) is 20.1. The van der Waals surface area contributed by atoms with Crippen LogP contribution in [-0.4, -0.2) is 36.1 Å². The quantitative estimate of drug-likeness (QED) is 0.158. The Morgan fingerprint density at radius 1 is 1.09 bits per heavy atom. The van der Waals surface area contributed by atoms with Gasteiger partial charge >= 0.3 is 16.4 Å². The van der Waals surface area contributed by atoms with E-state index >= 15 is 4.39 Å². The fraction of sp³-hybridized carbons (Fsp3) is 0.188. The van der Waals surface area contributed by atoms with Crippen molar-refractivity contribution in [3.8, 4) is 16.4 Å². The van der Waals surface area contributed by atoms with Crippen molar-refractivity contribution in [2.75, 3.05) is 0 Å². The number of para-hydroxylation sites is 1. The predicted molar refractivity (Wildman–Crippen MR) is 167 cm³/mol. The number of carboxylic acids is 1. The number of nitrogens with two attached hydrogens (primary N) is 1. The van der Waals surface area contributed by atoms with Gasteiger partial charge in [-0.3, -0.25) is 4.99 Å². The van der Waals surface area contributed by atoms with Crippen molar-refractivity contribution < 1.29 is 27.4 Å². The molecule has 2 aliphatic rings. The number of aromatic carboxylic acids is 1. The number of fused-ring (bicyclic) bond motifs is 1. The minimum absolute atomic E-state index is 0.110. The Kier molecular flexibility index (Phi) is 7.28. The zero-order valence-electron chi connectivity index (χ0n) is 23.6. The number of aliphatic imine (C=N–C) groups is 1. The van der Waals surface area contributed by atoms with Gasteiger partial charge in [0.2, 0.25) is 10.0 Å². The van der Waals surface area contributed by atoms with Crippen molar-refractivity contribution in [3.05, 3.63) is 111 Å². The zero-order valence-corrected chi connectivity index (χ0v) is 25.2. The third-order valence-electron chi connectivity index (χ3n) is 8.01. The van der Waals surface area contributed by atoms with Crippen molar-refractivity contribution in [2.24, 2.45) is 16.0 Å². The Balaban J connectivity index is 1.38. The van der Waals surface area contributed by atoms with Gasteiger partial charge in [-0.1, -0.05) is 24.3 Å². The summed E-state index contributed by atoms with van der Waals surface area (Å²) < 4.78 is 53.6. The van der Waals surface area contributed by atoms with Crippen LogP contribution in [0.15, 0.2) is 75.9 Å². The van der Waals surface area contributed by atoms with Gasteiger partial charge in [-0.05, 0) is 70.8 Å². The molecule has 0 bridgehead atoms. The summed E-state index contributed by atoms with van der Waals surface area (Å²) in [5.74, 6) is -2.11. The maximum atomic E-state index is 15.3. The Morgan fingerprint density at radius 2 is 1.89 bits per heavy atom. The van der Waals surface area contributed by atoms with Crippen LogP contribution >= 0.6 is 11.3 Å². The highest BCUT2D eigenvalue weighted by Crippen LogP contribution is 2.39. The maximum Gasteiger partial charge on any atom is 0.355 e. The van der Waals surface area contributed by atoms with Crippen LogP contribution in [0.4, 0.5) is 14.5 Å². The number of aromatic nitrogens is 3. The second-order valence-electron chi connectivity index (χ2n) is 11.2. The van der Waals surface area contributed by atoms with Crippen molar-refractivity contribution in [2.45, 2.75) is 37.0 Å². The first-order chi connectivity index (χ1) is 21.5. The summed E-state index contributed by atoms with van der Waals surface area (Å²) >= 11 is 1.14. The van der Waals surface area contributed by atoms with Gasteiger partial charge in [0.25, 0.3) is 0 Å². The van der Waals surface area contributed by atoms with E-state index in [0.29, 0.717) is 52.0 Å². The van der Waals surface area contributed by atoms with E-state index < -0.39 is 32.9 Å². The Hall–Kier alpha value is -4.43. The number of nitrogens with zero attached hydrogens (tertiary/aromatic N) is 4. The maximum absolute atomic E-state index is 15.3. The number of hydrogen-bond acceptors (Lipinski definition) is 6. The van der Waals surface area contributed by atoms with Gasteiger partial charge in [0.1, 0.15) is 5.82 Å². The van der Waals surface area contributed by atoms with Gasteiger partial charge < -0.3 is 5.11 Å². The van der Waals surface area contributed by atoms with Gasteiger partial charge in [0.15, 0.2) is 11.5 Å². The SMILES string of the molecule is N[S+](=O)(O)c1ccc(Cc2c(-c3ccc(F)c(C4=Nc5ccccc5C4)c3)nn(-c3nc(C(=O)O)cs3)c2CC2CC2)cc1F. The van der Waals surface area contributed by atoms with Crippen molar-refractivity contribution in [3.63, 3.8) is 0 Å². The van der Waals surface area contributed by atoms with E-state index in [1.807, 2.05) is 24.3 Å². The first-order valence-corrected chi connectivity index (χ1v) is 16.6. The van der Waals surface area contributed by atoms with Crippen LogP contribution in [-0.2, 0) is 33.9 Å². The molecule has 0 spiro atoms. The average Bonchev–Trinajstić information content (AvgIpc) is 3.36. The molecule has 9 nitrogen and oxygen atoms in total. The third-order valence-corrected chi connectivity index (χ3v) is 9.79. The van der Waals surface area contributed by atoms with Gasteiger partial charge in [-0.25, -0.2) is 23.2 Å². The van der Waals surface area contributed by atoms with Crippen molar-refractivity contribution in [1.82, 2.24) is 14.8 Å². The lowest BCUT2D eigenvalue weighted by molar-refractivity contribution is 0.0691. The Bertz CT molecular complexity index is 2080. The van der Waals surface area contributed by atoms with Crippen LogP contribution in [0.5, 0.6) is 0 Å². The number of carboxylic acid groups (broad SMARTS) is 1. The third kappa shape index (κ3) is 5.75. The summed E-state index contributed by atoms with van der Waals surface area (Å²) in [7, 11) is -4.01. The van der Waals surface area contributed by atoms with Crippen LogP contribution in [0.25, 0.3) is 16.4 Å². The lowest BCUT2D eigenvalue weighted by atomic mass is 9.95. The second kappa shape index (κ2) is 11.2. The normalized spacial score (nSPS) is 15.5. The van der Waals surface area contributed by atoms with Gasteiger partial charge in [-0.2, -0.15) is 9.65 Å². The fourth-order valence-electron chi connectivity index (χ4n) is 5.61. The molecule has 0 saturated heterocycles. The molecular weight excluding hydrogens is 621 g/mol. The molecule has 2 aromatic heterocycles. The summed E-state index contributed by atoms with van der Waals surface area (Å²) in [5, 5.41) is 21.5. The topological polar surface area (TPSA) is 144 Å². The summed E-state index contributed by atoms with van der Waals surface area (Å²) in [6, 6.07) is 16.3. The number of thiazole rings is 1. The minimum atomic E-state index is -4.01.